The molecule has 10 nitrogen and oxygen atoms in total. The van der Waals surface area contributed by atoms with E-state index in [1.807, 2.05) is 30.3 Å². The second kappa shape index (κ2) is 9.33. The smallest absolute Gasteiger partial charge is 0.332 e. The zero-order chi connectivity index (χ0) is 21.7. The van der Waals surface area contributed by atoms with Crippen molar-refractivity contribution in [3.05, 3.63) is 69.4 Å². The fraction of sp³-hybridized carbons (Fsp3) is 0.300. The first-order chi connectivity index (χ1) is 14.4. The number of aromatic nitrogens is 4. The van der Waals surface area contributed by atoms with Gasteiger partial charge in [0.25, 0.3) is 5.56 Å². The Morgan fingerprint density at radius 2 is 2.00 bits per heavy atom. The summed E-state index contributed by atoms with van der Waals surface area (Å²) in [6.45, 7) is 3.92. The van der Waals surface area contributed by atoms with Gasteiger partial charge >= 0.3 is 5.69 Å². The van der Waals surface area contributed by atoms with Gasteiger partial charge in [-0.3, -0.25) is 13.9 Å². The Kier molecular flexibility index (Phi) is 6.60. The minimum absolute atomic E-state index is 0.0181. The summed E-state index contributed by atoms with van der Waals surface area (Å²) in [6, 6.07) is 9.43. The monoisotopic (exact) mass is 412 g/mol. The lowest BCUT2D eigenvalue weighted by molar-refractivity contribution is 0.0405. The van der Waals surface area contributed by atoms with Gasteiger partial charge in [-0.15, -0.1) is 6.58 Å². The van der Waals surface area contributed by atoms with Crippen LogP contribution in [0, 0.1) is 0 Å². The molecule has 2 N–H and O–H groups in total. The number of rotatable bonds is 9. The van der Waals surface area contributed by atoms with Crippen molar-refractivity contribution < 1.29 is 9.84 Å². The number of fused-ring (bicyclic) bond motifs is 1. The molecule has 10 heteroatoms. The second-order valence-electron chi connectivity index (χ2n) is 6.68. The van der Waals surface area contributed by atoms with Crippen molar-refractivity contribution in [2.75, 3.05) is 18.6 Å². The average molecular weight is 412 g/mol. The highest BCUT2D eigenvalue weighted by molar-refractivity contribution is 5.80. The summed E-state index contributed by atoms with van der Waals surface area (Å²) in [5.41, 5.74) is 3.04. The number of aliphatic hydroxyl groups excluding tert-OH is 1. The molecule has 1 aromatic carbocycles. The Balaban J connectivity index is 2.01. The molecule has 0 aliphatic rings. The summed E-state index contributed by atoms with van der Waals surface area (Å²) >= 11 is 0. The molecule has 0 radical (unpaired) electrons. The molecule has 0 aliphatic heterocycles. The van der Waals surface area contributed by atoms with Crippen LogP contribution in [0.25, 0.3) is 11.2 Å². The zero-order valence-corrected chi connectivity index (χ0v) is 16.9. The number of imidazole rings is 1. The first-order valence-electron chi connectivity index (χ1n) is 9.31. The predicted molar refractivity (Wildman–Crippen MR) is 115 cm³/mol. The van der Waals surface area contributed by atoms with E-state index in [1.54, 1.807) is 12.3 Å². The molecule has 0 spiro atoms. The van der Waals surface area contributed by atoms with Crippen molar-refractivity contribution in [1.82, 2.24) is 18.7 Å². The van der Waals surface area contributed by atoms with Crippen LogP contribution < -0.4 is 16.7 Å². The molecule has 0 fully saturated rings. The van der Waals surface area contributed by atoms with E-state index in [4.69, 9.17) is 4.74 Å². The van der Waals surface area contributed by atoms with Crippen LogP contribution in [0.5, 0.6) is 0 Å². The minimum atomic E-state index is -0.914. The normalized spacial score (nSPS) is 12.5. The number of hydrogen-bond donors (Lipinski definition) is 2. The van der Waals surface area contributed by atoms with E-state index < -0.39 is 17.4 Å². The highest BCUT2D eigenvalue weighted by atomic mass is 16.5. The Morgan fingerprint density at radius 3 is 2.70 bits per heavy atom. The van der Waals surface area contributed by atoms with E-state index in [2.05, 4.69) is 22.1 Å². The Labute approximate surface area is 172 Å². The van der Waals surface area contributed by atoms with Crippen LogP contribution in [0.15, 0.2) is 57.7 Å². The van der Waals surface area contributed by atoms with Gasteiger partial charge in [0.2, 0.25) is 5.95 Å². The lowest BCUT2D eigenvalue weighted by atomic mass is 10.2. The third-order valence-corrected chi connectivity index (χ3v) is 4.46. The Morgan fingerprint density at radius 1 is 1.27 bits per heavy atom. The van der Waals surface area contributed by atoms with Gasteiger partial charge in [-0.2, -0.15) is 10.1 Å². The number of ether oxygens (including phenoxy) is 1. The van der Waals surface area contributed by atoms with Crippen LogP contribution in [0.1, 0.15) is 5.56 Å². The third-order valence-electron chi connectivity index (χ3n) is 4.46. The predicted octanol–water partition coefficient (Wildman–Crippen LogP) is 0.443. The van der Waals surface area contributed by atoms with Gasteiger partial charge in [0, 0.05) is 14.1 Å². The Bertz CT molecular complexity index is 1180. The summed E-state index contributed by atoms with van der Waals surface area (Å²) in [5.74, 6) is 0.221. The number of hydrogen-bond acceptors (Lipinski definition) is 7. The summed E-state index contributed by atoms with van der Waals surface area (Å²) < 4.78 is 9.07. The fourth-order valence-electron chi connectivity index (χ4n) is 2.96. The highest BCUT2D eigenvalue weighted by Gasteiger charge is 2.21. The molecule has 30 heavy (non-hydrogen) atoms. The molecule has 1 atom stereocenters. The molecule has 3 rings (SSSR count). The van der Waals surface area contributed by atoms with E-state index in [0.717, 1.165) is 10.1 Å². The van der Waals surface area contributed by atoms with Crippen molar-refractivity contribution in [3.8, 4) is 0 Å². The lowest BCUT2D eigenvalue weighted by Gasteiger charge is -2.14. The number of benzene rings is 1. The number of hydrazone groups is 1. The lowest BCUT2D eigenvalue weighted by Crippen LogP contribution is -2.38. The summed E-state index contributed by atoms with van der Waals surface area (Å²) in [4.78, 5) is 29.4. The molecule has 0 bridgehead atoms. The minimum Gasteiger partial charge on any atom is -0.389 e. The quantitative estimate of drug-likeness (QED) is 0.228. The first-order valence-corrected chi connectivity index (χ1v) is 9.31. The topological polar surface area (TPSA) is 116 Å². The van der Waals surface area contributed by atoms with Crippen molar-refractivity contribution in [2.45, 2.75) is 12.6 Å². The number of anilines is 1. The molecular formula is C20H24N6O4. The van der Waals surface area contributed by atoms with Crippen molar-refractivity contribution >= 4 is 23.3 Å². The SMILES string of the molecule is C=CCOCC(O)Cn1c(N/N=C/c2ccccc2)nc2c1c(=O)n(C)c(=O)n2C. The maximum absolute atomic E-state index is 12.8. The van der Waals surface area contributed by atoms with E-state index in [1.165, 1.54) is 23.2 Å². The zero-order valence-electron chi connectivity index (χ0n) is 16.9. The second-order valence-corrected chi connectivity index (χ2v) is 6.68. The maximum Gasteiger partial charge on any atom is 0.332 e. The van der Waals surface area contributed by atoms with E-state index >= 15 is 0 Å². The number of aliphatic hydroxyl groups is 1. The fourth-order valence-corrected chi connectivity index (χ4v) is 2.96. The van der Waals surface area contributed by atoms with Gasteiger partial charge in [-0.05, 0) is 5.56 Å². The largest absolute Gasteiger partial charge is 0.389 e. The van der Waals surface area contributed by atoms with E-state index in [9.17, 15) is 14.7 Å². The molecular weight excluding hydrogens is 388 g/mol. The van der Waals surface area contributed by atoms with Gasteiger partial charge in [0.05, 0.1) is 32.1 Å². The van der Waals surface area contributed by atoms with E-state index in [-0.39, 0.29) is 30.3 Å². The average Bonchev–Trinajstić information content (AvgIpc) is 3.10. The van der Waals surface area contributed by atoms with Gasteiger partial charge in [-0.25, -0.2) is 10.2 Å². The molecule has 0 amide bonds. The molecule has 1 unspecified atom stereocenters. The van der Waals surface area contributed by atoms with Gasteiger partial charge in [-0.1, -0.05) is 36.4 Å². The number of aryl methyl sites for hydroxylation is 1. The van der Waals surface area contributed by atoms with Crippen molar-refractivity contribution in [1.29, 1.82) is 0 Å². The van der Waals surface area contributed by atoms with Crippen molar-refractivity contribution in [2.24, 2.45) is 19.2 Å². The van der Waals surface area contributed by atoms with Crippen LogP contribution in [0.3, 0.4) is 0 Å². The van der Waals surface area contributed by atoms with Crippen LogP contribution >= 0.6 is 0 Å². The first kappa shape index (κ1) is 21.2. The van der Waals surface area contributed by atoms with Crippen LogP contribution in [-0.4, -0.2) is 49.3 Å². The summed E-state index contributed by atoms with van der Waals surface area (Å²) in [5, 5.41) is 14.5. The van der Waals surface area contributed by atoms with Gasteiger partial charge in [0.15, 0.2) is 11.2 Å². The van der Waals surface area contributed by atoms with Crippen LogP contribution in [-0.2, 0) is 25.4 Å². The van der Waals surface area contributed by atoms with Crippen LogP contribution in [0.4, 0.5) is 5.95 Å². The molecule has 2 aromatic heterocycles. The number of nitrogens with one attached hydrogen (secondary N) is 1. The van der Waals surface area contributed by atoms with Gasteiger partial charge in [0.1, 0.15) is 0 Å². The standard InChI is InChI=1S/C20H24N6O4/c1-4-10-30-13-15(27)12-26-16-17(24(2)20(29)25(3)18(16)28)22-19(26)23-21-11-14-8-6-5-7-9-14/h4-9,11,15,27H,1,10,12-13H2,2-3H3,(H,22,23)/b21-11+. The number of nitrogens with zero attached hydrogens (tertiary/aromatic N) is 5. The molecule has 158 valence electrons. The van der Waals surface area contributed by atoms with Crippen molar-refractivity contribution in [3.63, 3.8) is 0 Å². The molecule has 3 aromatic rings. The highest BCUT2D eigenvalue weighted by Crippen LogP contribution is 2.16. The molecule has 2 heterocycles. The molecule has 0 aliphatic carbocycles. The molecule has 0 saturated heterocycles. The summed E-state index contributed by atoms with van der Waals surface area (Å²) in [7, 11) is 2.92. The summed E-state index contributed by atoms with van der Waals surface area (Å²) in [6.07, 6.45) is 2.27. The maximum atomic E-state index is 12.8. The third kappa shape index (κ3) is 4.39. The van der Waals surface area contributed by atoms with E-state index in [0.29, 0.717) is 6.61 Å². The molecule has 0 saturated carbocycles. The van der Waals surface area contributed by atoms with Gasteiger partial charge < -0.3 is 14.4 Å². The van der Waals surface area contributed by atoms with Crippen LogP contribution in [0.2, 0.25) is 0 Å². The Hall–Kier alpha value is -3.50.